The molecule has 0 saturated carbocycles. The molecule has 0 aliphatic carbocycles. The van der Waals surface area contributed by atoms with Gasteiger partial charge in [-0.25, -0.2) is 19.6 Å². The lowest BCUT2D eigenvalue weighted by Crippen LogP contribution is -2.37. The van der Waals surface area contributed by atoms with Gasteiger partial charge in [0.25, 0.3) is 0 Å². The smallest absolute Gasteiger partial charge is 0.477 e. The van der Waals surface area contributed by atoms with Crippen LogP contribution in [0.15, 0.2) is 97.3 Å². The molecule has 10 nitrogen and oxygen atoms in total. The molecular weight excluding hydrogens is 490 g/mol. The van der Waals surface area contributed by atoms with E-state index in [1.54, 1.807) is 72.8 Å². The van der Waals surface area contributed by atoms with Crippen molar-refractivity contribution in [2.45, 2.75) is 0 Å². The van der Waals surface area contributed by atoms with Crippen LogP contribution in [0.25, 0.3) is 21.5 Å². The third-order valence-corrected chi connectivity index (χ3v) is 5.30. The first kappa shape index (κ1) is 28.0. The second kappa shape index (κ2) is 13.1. The second-order valence-electron chi connectivity index (χ2n) is 7.71. The average Bonchev–Trinajstić information content (AvgIpc) is 2.92. The predicted octanol–water partition coefficient (Wildman–Crippen LogP) is 0.912. The predicted molar refractivity (Wildman–Crippen MR) is 143 cm³/mol. The first-order chi connectivity index (χ1) is 18.2. The van der Waals surface area contributed by atoms with Crippen LogP contribution in [0.1, 0.15) is 21.0 Å². The molecule has 38 heavy (non-hydrogen) atoms. The number of hydrogen-bond donors (Lipinski definition) is 6. The summed E-state index contributed by atoms with van der Waals surface area (Å²) in [5.74, 6) is -1.98. The Balaban J connectivity index is 0.000000184. The van der Waals surface area contributed by atoms with E-state index in [-0.39, 0.29) is 11.4 Å². The number of carboxylic acid groups (broad SMARTS) is 2. The molecule has 6 N–H and O–H groups in total. The average molecular weight is 512 g/mol. The normalized spacial score (nSPS) is 10.0. The lowest BCUT2D eigenvalue weighted by atomic mass is 9.67. The molecule has 0 saturated heterocycles. The number of fused-ring (bicyclic) bond motifs is 2. The van der Waals surface area contributed by atoms with Crippen LogP contribution in [-0.4, -0.2) is 66.5 Å². The van der Waals surface area contributed by atoms with Crippen molar-refractivity contribution in [3.8, 4) is 0 Å². The maximum absolute atomic E-state index is 10.1. The van der Waals surface area contributed by atoms with E-state index < -0.39 is 26.2 Å². The summed E-state index contributed by atoms with van der Waals surface area (Å²) in [6, 6.07) is 23.6. The van der Waals surface area contributed by atoms with Crippen molar-refractivity contribution in [2.75, 3.05) is 0 Å². The number of benzene rings is 3. The zero-order valence-corrected chi connectivity index (χ0v) is 19.8. The molecule has 0 aliphatic heterocycles. The Labute approximate surface area is 217 Å². The van der Waals surface area contributed by atoms with Crippen LogP contribution in [-0.2, 0) is 0 Å². The summed E-state index contributed by atoms with van der Waals surface area (Å²) in [7, 11) is -3.26. The van der Waals surface area contributed by atoms with Gasteiger partial charge in [-0.1, -0.05) is 60.7 Å². The minimum atomic E-state index is -1.63. The van der Waals surface area contributed by atoms with E-state index in [1.807, 2.05) is 0 Å². The first-order valence-corrected chi connectivity index (χ1v) is 11.2. The summed E-state index contributed by atoms with van der Waals surface area (Å²) in [5, 5.41) is 57.8. The summed E-state index contributed by atoms with van der Waals surface area (Å²) >= 11 is 0. The van der Waals surface area contributed by atoms with Gasteiger partial charge in [-0.3, -0.25) is 0 Å². The number of carboxylic acids is 2. The Bertz CT molecular complexity index is 1360. The van der Waals surface area contributed by atoms with Crippen molar-refractivity contribution >= 4 is 58.6 Å². The Morgan fingerprint density at radius 3 is 0.974 bits per heavy atom. The van der Waals surface area contributed by atoms with Gasteiger partial charge in [0.15, 0.2) is 0 Å². The molecule has 5 aromatic rings. The largest absolute Gasteiger partial charge is 0.489 e. The van der Waals surface area contributed by atoms with Crippen molar-refractivity contribution in [2.24, 2.45) is 0 Å². The molecule has 2 heterocycles. The summed E-state index contributed by atoms with van der Waals surface area (Å²) in [5.41, 5.74) is 0.913. The van der Waals surface area contributed by atoms with E-state index in [0.29, 0.717) is 32.5 Å². The zero-order valence-electron chi connectivity index (χ0n) is 19.8. The van der Waals surface area contributed by atoms with Gasteiger partial charge in [0.05, 0.1) is 0 Å². The molecule has 12 heteroatoms. The number of aromatic carboxylic acids is 2. The standard InChI is InChI=1S/C14H12B2O4.2C6H5NO2/c17-15(18)13-9-5-1-2-6-10(9)14(16(19)20)12-8-4-3-7-11(12)13;2*8-6(9)5-3-1-2-4-7-5/h1-8,17-20H;2*1-4H,(H,8,9). The summed E-state index contributed by atoms with van der Waals surface area (Å²) < 4.78 is 0. The van der Waals surface area contributed by atoms with Gasteiger partial charge in [0.1, 0.15) is 11.4 Å². The van der Waals surface area contributed by atoms with E-state index >= 15 is 0 Å². The lowest BCUT2D eigenvalue weighted by molar-refractivity contribution is 0.0680. The molecule has 0 aliphatic rings. The Morgan fingerprint density at radius 1 is 0.500 bits per heavy atom. The van der Waals surface area contributed by atoms with Gasteiger partial charge in [0.2, 0.25) is 0 Å². The van der Waals surface area contributed by atoms with Crippen LogP contribution in [0.5, 0.6) is 0 Å². The van der Waals surface area contributed by atoms with Crippen LogP contribution < -0.4 is 10.9 Å². The Hall–Kier alpha value is -4.61. The van der Waals surface area contributed by atoms with Crippen molar-refractivity contribution in [3.63, 3.8) is 0 Å². The molecule has 190 valence electrons. The highest BCUT2D eigenvalue weighted by Crippen LogP contribution is 2.20. The topological polar surface area (TPSA) is 181 Å². The van der Waals surface area contributed by atoms with Crippen LogP contribution in [0, 0.1) is 0 Å². The number of hydrogen-bond acceptors (Lipinski definition) is 8. The Kier molecular flexibility index (Phi) is 9.63. The van der Waals surface area contributed by atoms with E-state index in [2.05, 4.69) is 9.97 Å². The van der Waals surface area contributed by atoms with Gasteiger partial charge >= 0.3 is 26.2 Å². The minimum Gasteiger partial charge on any atom is -0.477 e. The van der Waals surface area contributed by atoms with Gasteiger partial charge in [0, 0.05) is 12.4 Å². The number of aromatic nitrogens is 2. The van der Waals surface area contributed by atoms with Crippen LogP contribution in [0.2, 0.25) is 0 Å². The fourth-order valence-corrected chi connectivity index (χ4v) is 3.73. The molecule has 0 fully saturated rings. The van der Waals surface area contributed by atoms with E-state index in [9.17, 15) is 29.7 Å². The van der Waals surface area contributed by atoms with E-state index in [1.165, 1.54) is 24.5 Å². The summed E-state index contributed by atoms with van der Waals surface area (Å²) in [4.78, 5) is 27.4. The van der Waals surface area contributed by atoms with Crippen molar-refractivity contribution in [1.29, 1.82) is 0 Å². The second-order valence-corrected chi connectivity index (χ2v) is 7.71. The first-order valence-electron chi connectivity index (χ1n) is 11.2. The van der Waals surface area contributed by atoms with Crippen LogP contribution >= 0.6 is 0 Å². The number of rotatable bonds is 4. The lowest BCUT2D eigenvalue weighted by Gasteiger charge is -2.15. The molecule has 0 bridgehead atoms. The molecule has 0 spiro atoms. The molecular formula is C26H22B2N2O8. The van der Waals surface area contributed by atoms with Crippen molar-refractivity contribution < 1.29 is 39.9 Å². The number of nitrogens with zero attached hydrogens (tertiary/aromatic N) is 2. The van der Waals surface area contributed by atoms with Gasteiger partial charge in [-0.2, -0.15) is 0 Å². The molecule has 2 aromatic heterocycles. The highest BCUT2D eigenvalue weighted by molar-refractivity contribution is 6.71. The van der Waals surface area contributed by atoms with Crippen LogP contribution in [0.4, 0.5) is 0 Å². The van der Waals surface area contributed by atoms with Gasteiger partial charge in [-0.05, 0) is 56.7 Å². The van der Waals surface area contributed by atoms with Gasteiger partial charge in [-0.15, -0.1) is 0 Å². The van der Waals surface area contributed by atoms with E-state index in [4.69, 9.17) is 10.2 Å². The third-order valence-electron chi connectivity index (χ3n) is 5.30. The highest BCUT2D eigenvalue weighted by atomic mass is 16.4. The maximum Gasteiger partial charge on any atom is 0.489 e. The Morgan fingerprint density at radius 2 is 0.789 bits per heavy atom. The van der Waals surface area contributed by atoms with E-state index in [0.717, 1.165) is 0 Å². The molecule has 0 unspecified atom stereocenters. The molecule has 0 atom stereocenters. The fourth-order valence-electron chi connectivity index (χ4n) is 3.73. The quantitative estimate of drug-likeness (QED) is 0.150. The minimum absolute atomic E-state index is 0.0810. The monoisotopic (exact) mass is 512 g/mol. The third kappa shape index (κ3) is 6.78. The summed E-state index contributed by atoms with van der Waals surface area (Å²) in [6.45, 7) is 0. The molecule has 3 aromatic carbocycles. The summed E-state index contributed by atoms with van der Waals surface area (Å²) in [6.07, 6.45) is 2.90. The molecule has 5 rings (SSSR count). The van der Waals surface area contributed by atoms with Gasteiger partial charge < -0.3 is 30.3 Å². The van der Waals surface area contributed by atoms with Crippen molar-refractivity contribution in [3.05, 3.63) is 109 Å². The highest BCUT2D eigenvalue weighted by Gasteiger charge is 2.25. The fraction of sp³-hybridized carbons (Fsp3) is 0. The maximum atomic E-state index is 10.1. The van der Waals surface area contributed by atoms with Crippen LogP contribution in [0.3, 0.4) is 0 Å². The number of carbonyl (C=O) groups is 2. The molecule has 0 amide bonds. The SMILES string of the molecule is O=C(O)c1ccccn1.O=C(O)c1ccccn1.OB(O)c1c2ccccc2c(B(O)O)c2ccccc12. The zero-order chi connectivity index (χ0) is 27.7. The van der Waals surface area contributed by atoms with Crippen molar-refractivity contribution in [1.82, 2.24) is 9.97 Å². The molecule has 0 radical (unpaired) electrons. The number of pyridine rings is 2.